The summed E-state index contributed by atoms with van der Waals surface area (Å²) in [6.45, 7) is 0. The first-order valence-corrected chi connectivity index (χ1v) is 6.59. The molecular weight excluding hydrogens is 290 g/mol. The van der Waals surface area contributed by atoms with E-state index in [4.69, 9.17) is 0 Å². The lowest BCUT2D eigenvalue weighted by molar-refractivity contribution is -0.173. The molecule has 0 bridgehead atoms. The van der Waals surface area contributed by atoms with Gasteiger partial charge in [0.1, 0.15) is 12.1 Å². The Hall–Kier alpha value is -2.70. The molecule has 0 saturated carbocycles. The zero-order chi connectivity index (χ0) is 16.3. The van der Waals surface area contributed by atoms with Crippen LogP contribution in [0.2, 0.25) is 0 Å². The van der Waals surface area contributed by atoms with Crippen molar-refractivity contribution in [2.24, 2.45) is 0 Å². The molecule has 0 unspecified atom stereocenters. The van der Waals surface area contributed by atoms with Gasteiger partial charge >= 0.3 is 11.9 Å². The zero-order valence-electron chi connectivity index (χ0n) is 12.1. The normalized spacial score (nSPS) is 19.8. The Bertz CT molecular complexity index is 590. The number of rotatable bonds is 4. The van der Waals surface area contributed by atoms with E-state index >= 15 is 0 Å². The van der Waals surface area contributed by atoms with Gasteiger partial charge in [-0.1, -0.05) is 30.3 Å². The monoisotopic (exact) mass is 305 g/mol. The second kappa shape index (κ2) is 6.38. The molecule has 1 aromatic carbocycles. The van der Waals surface area contributed by atoms with Crippen LogP contribution in [0, 0.1) is 0 Å². The van der Waals surface area contributed by atoms with Crippen LogP contribution in [-0.2, 0) is 23.9 Å². The molecule has 1 aliphatic heterocycles. The van der Waals surface area contributed by atoms with Crippen molar-refractivity contribution in [2.75, 3.05) is 14.2 Å². The smallest absolute Gasteiger partial charge is 0.328 e. The zero-order valence-corrected chi connectivity index (χ0v) is 12.1. The third-order valence-corrected chi connectivity index (χ3v) is 3.53. The Kier molecular flexibility index (Phi) is 4.55. The van der Waals surface area contributed by atoms with Crippen LogP contribution >= 0.6 is 0 Å². The van der Waals surface area contributed by atoms with Gasteiger partial charge in [0, 0.05) is 12.0 Å². The van der Waals surface area contributed by atoms with Crippen molar-refractivity contribution in [2.45, 2.75) is 18.5 Å². The highest BCUT2D eigenvalue weighted by molar-refractivity contribution is 6.43. The van der Waals surface area contributed by atoms with E-state index in [1.165, 1.54) is 26.4 Å². The maximum absolute atomic E-state index is 12.3. The van der Waals surface area contributed by atoms with E-state index in [0.717, 1.165) is 4.90 Å². The largest absolute Gasteiger partial charge is 0.467 e. The Labute approximate surface area is 126 Å². The van der Waals surface area contributed by atoms with Gasteiger partial charge in [0.05, 0.1) is 14.2 Å². The van der Waals surface area contributed by atoms with Gasteiger partial charge in [-0.25, -0.2) is 9.59 Å². The highest BCUT2D eigenvalue weighted by Crippen LogP contribution is 2.28. The van der Waals surface area contributed by atoms with Crippen molar-refractivity contribution in [3.8, 4) is 0 Å². The second-order valence-electron chi connectivity index (χ2n) is 4.72. The maximum atomic E-state index is 12.3. The quantitative estimate of drug-likeness (QED) is 0.448. The topological polar surface area (TPSA) is 90.0 Å². The summed E-state index contributed by atoms with van der Waals surface area (Å²) >= 11 is 0. The molecule has 116 valence electrons. The predicted molar refractivity (Wildman–Crippen MR) is 73.8 cm³/mol. The third kappa shape index (κ3) is 2.69. The molecule has 1 aliphatic rings. The maximum Gasteiger partial charge on any atom is 0.328 e. The number of hydrogen-bond donors (Lipinski definition) is 0. The summed E-state index contributed by atoms with van der Waals surface area (Å²) in [5.41, 5.74) is 0.187. The first-order valence-electron chi connectivity index (χ1n) is 6.59. The molecule has 0 spiro atoms. The number of Topliss-reactive ketones (excluding diaryl/α,β-unsaturated/α-hetero) is 1. The van der Waals surface area contributed by atoms with Crippen molar-refractivity contribution in [1.82, 2.24) is 4.90 Å². The molecule has 1 saturated heterocycles. The molecule has 0 radical (unpaired) electrons. The van der Waals surface area contributed by atoms with Gasteiger partial charge in [0.25, 0.3) is 5.91 Å². The molecule has 1 fully saturated rings. The van der Waals surface area contributed by atoms with Crippen LogP contribution in [0.1, 0.15) is 16.8 Å². The molecular formula is C15H15NO6. The van der Waals surface area contributed by atoms with Gasteiger partial charge in [-0.3, -0.25) is 9.59 Å². The summed E-state index contributed by atoms with van der Waals surface area (Å²) in [5, 5.41) is 0. The number of methoxy groups -OCH3 is 2. The standard InChI is InChI=1S/C15H15NO6/c1-21-14(19)10-8-11(15(20)22-2)16(10)13(18)12(17)9-6-4-3-5-7-9/h3-7,10-11H,8H2,1-2H3/t10-,11-/m0/s1. The fraction of sp³-hybridized carbons (Fsp3) is 0.333. The Morgan fingerprint density at radius 2 is 1.45 bits per heavy atom. The number of ketones is 1. The first-order chi connectivity index (χ1) is 10.5. The van der Waals surface area contributed by atoms with Crippen molar-refractivity contribution in [3.05, 3.63) is 35.9 Å². The molecule has 2 rings (SSSR count). The van der Waals surface area contributed by atoms with Gasteiger partial charge in [-0.2, -0.15) is 0 Å². The molecule has 1 amide bonds. The number of esters is 2. The van der Waals surface area contributed by atoms with Crippen molar-refractivity contribution < 1.29 is 28.7 Å². The van der Waals surface area contributed by atoms with Crippen LogP contribution in [0.4, 0.5) is 0 Å². The number of amides is 1. The van der Waals surface area contributed by atoms with Crippen molar-refractivity contribution in [3.63, 3.8) is 0 Å². The van der Waals surface area contributed by atoms with E-state index in [1.54, 1.807) is 18.2 Å². The molecule has 1 aromatic rings. The lowest BCUT2D eigenvalue weighted by atomic mass is 9.91. The van der Waals surface area contributed by atoms with Crippen LogP contribution in [-0.4, -0.2) is 54.8 Å². The third-order valence-electron chi connectivity index (χ3n) is 3.53. The average Bonchev–Trinajstić information content (AvgIpc) is 2.53. The van der Waals surface area contributed by atoms with E-state index in [9.17, 15) is 19.2 Å². The Morgan fingerprint density at radius 1 is 0.955 bits per heavy atom. The Balaban J connectivity index is 2.24. The van der Waals surface area contributed by atoms with Gasteiger partial charge in [-0.15, -0.1) is 0 Å². The summed E-state index contributed by atoms with van der Waals surface area (Å²) in [7, 11) is 2.35. The number of carbonyl (C=O) groups is 4. The second-order valence-corrected chi connectivity index (χ2v) is 4.72. The Morgan fingerprint density at radius 3 is 1.91 bits per heavy atom. The van der Waals surface area contributed by atoms with Crippen LogP contribution in [0.3, 0.4) is 0 Å². The number of ether oxygens (including phenoxy) is 2. The molecule has 0 aliphatic carbocycles. The van der Waals surface area contributed by atoms with E-state index in [-0.39, 0.29) is 12.0 Å². The lowest BCUT2D eigenvalue weighted by Crippen LogP contribution is -2.66. The molecule has 7 nitrogen and oxygen atoms in total. The molecule has 1 heterocycles. The van der Waals surface area contributed by atoms with Gasteiger partial charge in [0.2, 0.25) is 5.78 Å². The van der Waals surface area contributed by atoms with Gasteiger partial charge in [0.15, 0.2) is 0 Å². The average molecular weight is 305 g/mol. The summed E-state index contributed by atoms with van der Waals surface area (Å²) < 4.78 is 9.17. The fourth-order valence-corrected chi connectivity index (χ4v) is 2.32. The summed E-state index contributed by atoms with van der Waals surface area (Å²) in [6.07, 6.45) is 0.0765. The first kappa shape index (κ1) is 15.7. The van der Waals surface area contributed by atoms with Crippen LogP contribution in [0.15, 0.2) is 30.3 Å². The summed E-state index contributed by atoms with van der Waals surface area (Å²) in [6, 6.07) is 6.02. The van der Waals surface area contributed by atoms with Crippen LogP contribution < -0.4 is 0 Å². The highest BCUT2D eigenvalue weighted by Gasteiger charge is 2.52. The van der Waals surface area contributed by atoms with Crippen LogP contribution in [0.25, 0.3) is 0 Å². The summed E-state index contributed by atoms with van der Waals surface area (Å²) in [5.74, 6) is -3.06. The van der Waals surface area contributed by atoms with E-state index in [2.05, 4.69) is 9.47 Å². The lowest BCUT2D eigenvalue weighted by Gasteiger charge is -2.44. The van der Waals surface area contributed by atoms with E-state index < -0.39 is 35.7 Å². The highest BCUT2D eigenvalue weighted by atomic mass is 16.5. The molecule has 7 heteroatoms. The summed E-state index contributed by atoms with van der Waals surface area (Å²) in [4.78, 5) is 48.8. The van der Waals surface area contributed by atoms with E-state index in [0.29, 0.717) is 0 Å². The van der Waals surface area contributed by atoms with E-state index in [1.807, 2.05) is 0 Å². The van der Waals surface area contributed by atoms with Gasteiger partial charge in [-0.05, 0) is 0 Å². The number of carbonyl (C=O) groups excluding carboxylic acids is 4. The van der Waals surface area contributed by atoms with Gasteiger partial charge < -0.3 is 14.4 Å². The number of hydrogen-bond acceptors (Lipinski definition) is 6. The minimum Gasteiger partial charge on any atom is -0.467 e. The van der Waals surface area contributed by atoms with Crippen LogP contribution in [0.5, 0.6) is 0 Å². The fourth-order valence-electron chi connectivity index (χ4n) is 2.32. The molecule has 22 heavy (non-hydrogen) atoms. The molecule has 0 aromatic heterocycles. The number of likely N-dealkylation sites (tertiary alicyclic amines) is 1. The number of benzene rings is 1. The molecule has 2 atom stereocenters. The predicted octanol–water partition coefficient (Wildman–Crippen LogP) is 0.185. The van der Waals surface area contributed by atoms with Crippen molar-refractivity contribution in [1.29, 1.82) is 0 Å². The number of nitrogens with zero attached hydrogens (tertiary/aromatic N) is 1. The molecule has 0 N–H and O–H groups in total. The minimum atomic E-state index is -0.950. The minimum absolute atomic E-state index is 0.0765. The SMILES string of the molecule is COC(=O)[C@@H]1C[C@@H](C(=O)OC)N1C(=O)C(=O)c1ccccc1. The van der Waals surface area contributed by atoms with Crippen molar-refractivity contribution >= 4 is 23.6 Å².